The minimum atomic E-state index is -3.41. The predicted octanol–water partition coefficient (Wildman–Crippen LogP) is 1.00. The van der Waals surface area contributed by atoms with E-state index in [2.05, 4.69) is 14.8 Å². The molecule has 0 spiro atoms. The number of hydrogen-bond acceptors (Lipinski definition) is 4. The zero-order valence-electron chi connectivity index (χ0n) is 12.8. The van der Waals surface area contributed by atoms with Crippen LogP contribution in [0, 0.1) is 0 Å². The van der Waals surface area contributed by atoms with Crippen LogP contribution in [-0.4, -0.2) is 40.6 Å². The van der Waals surface area contributed by atoms with Crippen LogP contribution in [0.5, 0.6) is 0 Å². The Balaban J connectivity index is 1.94. The Bertz CT molecular complexity index is 664. The van der Waals surface area contributed by atoms with E-state index in [0.717, 1.165) is 11.1 Å². The molecule has 0 radical (unpaired) electrons. The second-order valence-corrected chi connectivity index (χ2v) is 6.58. The normalized spacial score (nSPS) is 12.0. The average molecular weight is 323 g/mol. The molecule has 1 aromatic carbocycles. The van der Waals surface area contributed by atoms with E-state index in [1.807, 2.05) is 38.1 Å². The maximum atomic E-state index is 12.0. The first-order valence-electron chi connectivity index (χ1n) is 7.20. The summed E-state index contributed by atoms with van der Waals surface area (Å²) in [5.74, 6) is 0. The van der Waals surface area contributed by atoms with E-state index in [9.17, 15) is 8.42 Å². The summed E-state index contributed by atoms with van der Waals surface area (Å²) in [6.45, 7) is 5.49. The fourth-order valence-corrected chi connectivity index (χ4v) is 3.30. The molecule has 2 aromatic rings. The van der Waals surface area contributed by atoms with Crippen LogP contribution in [0.3, 0.4) is 0 Å². The van der Waals surface area contributed by atoms with E-state index in [1.165, 1.54) is 10.6 Å². The van der Waals surface area contributed by atoms with Crippen LogP contribution in [-0.2, 0) is 23.3 Å². The van der Waals surface area contributed by atoms with Crippen molar-refractivity contribution in [2.24, 2.45) is 0 Å². The van der Waals surface area contributed by atoms with E-state index in [4.69, 9.17) is 0 Å². The lowest BCUT2D eigenvalue weighted by Gasteiger charge is -2.18. The highest BCUT2D eigenvalue weighted by Crippen LogP contribution is 2.07. The Labute approximate surface area is 131 Å². The van der Waals surface area contributed by atoms with Crippen molar-refractivity contribution in [3.63, 3.8) is 0 Å². The number of rotatable bonds is 8. The van der Waals surface area contributed by atoms with Crippen molar-refractivity contribution in [1.29, 1.82) is 0 Å². The molecule has 0 bridgehead atoms. The van der Waals surface area contributed by atoms with Crippen LogP contribution in [0.4, 0.5) is 0 Å². The molecule has 1 aromatic heterocycles. The van der Waals surface area contributed by atoms with Crippen LogP contribution in [0.25, 0.3) is 0 Å². The van der Waals surface area contributed by atoms with E-state index in [1.54, 1.807) is 11.0 Å². The lowest BCUT2D eigenvalue weighted by atomic mass is 10.1. The molecule has 1 N–H and O–H groups in total. The Morgan fingerprint density at radius 1 is 1.14 bits per heavy atom. The number of aromatic nitrogens is 3. The molecule has 0 saturated heterocycles. The van der Waals surface area contributed by atoms with Gasteiger partial charge in [0.1, 0.15) is 12.7 Å². The molecule has 0 amide bonds. The molecule has 0 unspecified atom stereocenters. The van der Waals surface area contributed by atoms with Crippen LogP contribution in [0.1, 0.15) is 25.0 Å². The molecule has 1 heterocycles. The van der Waals surface area contributed by atoms with Gasteiger partial charge in [-0.1, -0.05) is 38.1 Å². The fraction of sp³-hybridized carbons (Fsp3) is 0.429. The lowest BCUT2D eigenvalue weighted by molar-refractivity contribution is 0.434. The van der Waals surface area contributed by atoms with Gasteiger partial charge in [0.25, 0.3) is 10.2 Å². The first-order valence-corrected chi connectivity index (χ1v) is 8.64. The zero-order valence-corrected chi connectivity index (χ0v) is 13.6. The summed E-state index contributed by atoms with van der Waals surface area (Å²) in [5, 5.41) is 4.05. The number of nitrogens with one attached hydrogen (secondary N) is 1. The van der Waals surface area contributed by atoms with Crippen molar-refractivity contribution in [2.45, 2.75) is 26.9 Å². The minimum Gasteiger partial charge on any atom is -0.249 e. The summed E-state index contributed by atoms with van der Waals surface area (Å²) in [7, 11) is -3.41. The van der Waals surface area contributed by atoms with Gasteiger partial charge in [0.2, 0.25) is 0 Å². The summed E-state index contributed by atoms with van der Waals surface area (Å²) in [5.41, 5.74) is 2.00. The van der Waals surface area contributed by atoms with Crippen molar-refractivity contribution >= 4 is 10.2 Å². The minimum absolute atomic E-state index is 0.280. The van der Waals surface area contributed by atoms with E-state index in [0.29, 0.717) is 19.6 Å². The second-order valence-electron chi connectivity index (χ2n) is 4.82. The molecule has 0 aliphatic heterocycles. The molecule has 0 fully saturated rings. The third-order valence-corrected chi connectivity index (χ3v) is 5.04. The van der Waals surface area contributed by atoms with Crippen LogP contribution < -0.4 is 4.72 Å². The first kappa shape index (κ1) is 16.6. The highest BCUT2D eigenvalue weighted by molar-refractivity contribution is 7.87. The van der Waals surface area contributed by atoms with Gasteiger partial charge >= 0.3 is 0 Å². The first-order chi connectivity index (χ1) is 10.5. The Morgan fingerprint density at radius 2 is 1.77 bits per heavy atom. The maximum absolute atomic E-state index is 12.0. The molecule has 0 atom stereocenters. The van der Waals surface area contributed by atoms with Gasteiger partial charge < -0.3 is 0 Å². The molecular formula is C14H21N5O2S. The molecule has 120 valence electrons. The Morgan fingerprint density at radius 3 is 2.32 bits per heavy atom. The highest BCUT2D eigenvalue weighted by Gasteiger charge is 2.17. The number of benzene rings is 1. The monoisotopic (exact) mass is 323 g/mol. The molecule has 2 rings (SSSR count). The Kier molecular flexibility index (Phi) is 5.64. The summed E-state index contributed by atoms with van der Waals surface area (Å²) < 4.78 is 29.8. The van der Waals surface area contributed by atoms with E-state index in [-0.39, 0.29) is 6.54 Å². The smallest absolute Gasteiger partial charge is 0.249 e. The van der Waals surface area contributed by atoms with Gasteiger partial charge in [0.05, 0.1) is 6.54 Å². The lowest BCUT2D eigenvalue weighted by Crippen LogP contribution is -2.40. The summed E-state index contributed by atoms with van der Waals surface area (Å²) in [4.78, 5) is 3.90. The predicted molar refractivity (Wildman–Crippen MR) is 84.2 cm³/mol. The summed E-state index contributed by atoms with van der Waals surface area (Å²) >= 11 is 0. The topological polar surface area (TPSA) is 80.1 Å². The standard InChI is InChI=1S/C14H21N5O2S/c1-3-19(4-2)22(20,21)17-9-13-5-7-14(8-6-13)10-18-12-15-11-16-18/h5-8,11-12,17H,3-4,9-10H2,1-2H3. The van der Waals surface area contributed by atoms with Gasteiger partial charge in [-0.05, 0) is 11.1 Å². The molecular weight excluding hydrogens is 302 g/mol. The SMILES string of the molecule is CCN(CC)S(=O)(=O)NCc1ccc(Cn2cncn2)cc1. The molecule has 0 aliphatic rings. The molecule has 0 aliphatic carbocycles. The number of nitrogens with zero attached hydrogens (tertiary/aromatic N) is 4. The van der Waals surface area contributed by atoms with Crippen molar-refractivity contribution in [3.8, 4) is 0 Å². The van der Waals surface area contributed by atoms with Gasteiger partial charge in [-0.3, -0.25) is 0 Å². The Hall–Kier alpha value is -1.77. The van der Waals surface area contributed by atoms with Crippen LogP contribution in [0.2, 0.25) is 0 Å². The zero-order chi connectivity index (χ0) is 16.0. The van der Waals surface area contributed by atoms with Crippen LogP contribution >= 0.6 is 0 Å². The van der Waals surface area contributed by atoms with Gasteiger partial charge in [-0.2, -0.15) is 22.5 Å². The van der Waals surface area contributed by atoms with Crippen molar-refractivity contribution in [1.82, 2.24) is 23.8 Å². The number of hydrogen-bond donors (Lipinski definition) is 1. The summed E-state index contributed by atoms with van der Waals surface area (Å²) in [6.07, 6.45) is 3.16. The summed E-state index contributed by atoms with van der Waals surface area (Å²) in [6, 6.07) is 7.75. The van der Waals surface area contributed by atoms with E-state index >= 15 is 0 Å². The van der Waals surface area contributed by atoms with Crippen molar-refractivity contribution in [3.05, 3.63) is 48.0 Å². The van der Waals surface area contributed by atoms with Gasteiger partial charge in [0, 0.05) is 19.6 Å². The maximum Gasteiger partial charge on any atom is 0.279 e. The average Bonchev–Trinajstić information content (AvgIpc) is 3.00. The largest absolute Gasteiger partial charge is 0.279 e. The van der Waals surface area contributed by atoms with Gasteiger partial charge in [0.15, 0.2) is 0 Å². The van der Waals surface area contributed by atoms with Crippen molar-refractivity contribution in [2.75, 3.05) is 13.1 Å². The van der Waals surface area contributed by atoms with Gasteiger partial charge in [-0.15, -0.1) is 0 Å². The third kappa shape index (κ3) is 4.36. The highest BCUT2D eigenvalue weighted by atomic mass is 32.2. The third-order valence-electron chi connectivity index (χ3n) is 3.34. The van der Waals surface area contributed by atoms with E-state index < -0.39 is 10.2 Å². The second kappa shape index (κ2) is 7.48. The molecule has 22 heavy (non-hydrogen) atoms. The molecule has 0 saturated carbocycles. The van der Waals surface area contributed by atoms with Crippen molar-refractivity contribution < 1.29 is 8.42 Å². The quantitative estimate of drug-likeness (QED) is 0.786. The van der Waals surface area contributed by atoms with Crippen LogP contribution in [0.15, 0.2) is 36.9 Å². The molecule has 8 heteroatoms. The fourth-order valence-electron chi connectivity index (χ4n) is 2.09. The molecule has 7 nitrogen and oxygen atoms in total. The van der Waals surface area contributed by atoms with Gasteiger partial charge in [-0.25, -0.2) is 9.67 Å².